The highest BCUT2D eigenvalue weighted by atomic mass is 32.1. The maximum absolute atomic E-state index is 13.7. The van der Waals surface area contributed by atoms with Crippen molar-refractivity contribution < 1.29 is 18.4 Å². The molecule has 3 aromatic heterocycles. The molecule has 0 radical (unpaired) electrons. The molecule has 10 heteroatoms. The zero-order valence-corrected chi connectivity index (χ0v) is 18.0. The number of thiophene rings is 1. The van der Waals surface area contributed by atoms with Gasteiger partial charge in [-0.3, -0.25) is 9.59 Å². The first-order valence-electron chi connectivity index (χ1n) is 9.70. The van der Waals surface area contributed by atoms with Crippen LogP contribution in [0.1, 0.15) is 32.5 Å². The number of amides is 2. The summed E-state index contributed by atoms with van der Waals surface area (Å²) in [5.41, 5.74) is 1.53. The molecule has 0 bridgehead atoms. The van der Waals surface area contributed by atoms with Crippen LogP contribution in [0.4, 0.5) is 8.78 Å². The molecule has 7 nitrogen and oxygen atoms in total. The predicted octanol–water partition coefficient (Wildman–Crippen LogP) is 3.34. The summed E-state index contributed by atoms with van der Waals surface area (Å²) in [5, 5.41) is 11.9. The van der Waals surface area contributed by atoms with Crippen LogP contribution < -0.4 is 10.6 Å². The van der Waals surface area contributed by atoms with Gasteiger partial charge in [-0.15, -0.1) is 11.3 Å². The molecule has 32 heavy (non-hydrogen) atoms. The first-order chi connectivity index (χ1) is 15.4. The van der Waals surface area contributed by atoms with Crippen LogP contribution in [0.5, 0.6) is 0 Å². The normalized spacial score (nSPS) is 12.0. The Morgan fingerprint density at radius 2 is 2.00 bits per heavy atom. The van der Waals surface area contributed by atoms with Crippen LogP contribution in [-0.4, -0.2) is 33.6 Å². The summed E-state index contributed by atoms with van der Waals surface area (Å²) in [6, 6.07) is 7.37. The SMILES string of the molecule is CNC(=O)C(NC(=O)c1cc(C)nc2c1cnn2Cc1cccs1)c1ccc(F)c(F)c1. The third kappa shape index (κ3) is 4.22. The van der Waals surface area contributed by atoms with Crippen LogP contribution >= 0.6 is 11.3 Å². The lowest BCUT2D eigenvalue weighted by atomic mass is 10.0. The number of nitrogens with zero attached hydrogens (tertiary/aromatic N) is 3. The van der Waals surface area contributed by atoms with Crippen molar-refractivity contribution in [3.05, 3.63) is 81.3 Å². The van der Waals surface area contributed by atoms with Gasteiger partial charge < -0.3 is 10.6 Å². The van der Waals surface area contributed by atoms with Crippen molar-refractivity contribution in [3.8, 4) is 0 Å². The van der Waals surface area contributed by atoms with E-state index in [1.165, 1.54) is 13.1 Å². The van der Waals surface area contributed by atoms with E-state index in [0.29, 0.717) is 23.3 Å². The largest absolute Gasteiger partial charge is 0.357 e. The lowest BCUT2D eigenvalue weighted by Gasteiger charge is -2.18. The van der Waals surface area contributed by atoms with Gasteiger partial charge in [0.15, 0.2) is 17.3 Å². The van der Waals surface area contributed by atoms with Crippen molar-refractivity contribution in [2.24, 2.45) is 0 Å². The number of aryl methyl sites for hydroxylation is 1. The fourth-order valence-corrected chi connectivity index (χ4v) is 4.06. The van der Waals surface area contributed by atoms with E-state index in [0.717, 1.165) is 17.0 Å². The zero-order valence-electron chi connectivity index (χ0n) is 17.2. The molecule has 2 N–H and O–H groups in total. The number of likely N-dealkylation sites (N-methyl/N-ethyl adjacent to an activating group) is 1. The number of fused-ring (bicyclic) bond motifs is 1. The van der Waals surface area contributed by atoms with E-state index < -0.39 is 29.5 Å². The summed E-state index contributed by atoms with van der Waals surface area (Å²) in [4.78, 5) is 31.2. The Morgan fingerprint density at radius 1 is 1.19 bits per heavy atom. The Hall–Kier alpha value is -3.66. The molecule has 0 aliphatic rings. The molecule has 2 amide bonds. The number of aromatic nitrogens is 3. The van der Waals surface area contributed by atoms with Gasteiger partial charge in [-0.05, 0) is 42.1 Å². The average Bonchev–Trinajstić information content (AvgIpc) is 3.43. The van der Waals surface area contributed by atoms with Crippen molar-refractivity contribution in [2.45, 2.75) is 19.5 Å². The highest BCUT2D eigenvalue weighted by molar-refractivity contribution is 7.09. The Bertz CT molecular complexity index is 1300. The Balaban J connectivity index is 1.69. The minimum Gasteiger partial charge on any atom is -0.357 e. The van der Waals surface area contributed by atoms with Gasteiger partial charge in [-0.1, -0.05) is 12.1 Å². The lowest BCUT2D eigenvalue weighted by molar-refractivity contribution is -0.122. The number of halogens is 2. The lowest BCUT2D eigenvalue weighted by Crippen LogP contribution is -2.39. The van der Waals surface area contributed by atoms with Gasteiger partial charge in [0.2, 0.25) is 5.91 Å². The highest BCUT2D eigenvalue weighted by Gasteiger charge is 2.25. The number of carbonyl (C=O) groups is 2. The molecular formula is C22H19F2N5O2S. The molecular weight excluding hydrogens is 436 g/mol. The summed E-state index contributed by atoms with van der Waals surface area (Å²) >= 11 is 1.59. The van der Waals surface area contributed by atoms with E-state index >= 15 is 0 Å². The molecule has 164 valence electrons. The third-order valence-corrected chi connectivity index (χ3v) is 5.79. The van der Waals surface area contributed by atoms with Gasteiger partial charge in [0.05, 0.1) is 23.7 Å². The van der Waals surface area contributed by atoms with Crippen LogP contribution in [0.25, 0.3) is 11.0 Å². The first-order valence-corrected chi connectivity index (χ1v) is 10.6. The molecule has 0 fully saturated rings. The van der Waals surface area contributed by atoms with E-state index in [1.54, 1.807) is 35.2 Å². The number of hydrogen-bond donors (Lipinski definition) is 2. The van der Waals surface area contributed by atoms with Gasteiger partial charge >= 0.3 is 0 Å². The minimum atomic E-state index is -1.22. The average molecular weight is 455 g/mol. The minimum absolute atomic E-state index is 0.118. The van der Waals surface area contributed by atoms with E-state index in [2.05, 4.69) is 20.7 Å². The maximum atomic E-state index is 13.7. The standard InChI is InChI=1S/C22H19F2N5O2S/c1-12-8-15(16-10-26-29(20(16)27-12)11-14-4-3-7-32-14)21(30)28-19(22(31)25-2)13-5-6-17(23)18(24)9-13/h3-10,19H,11H2,1-2H3,(H,25,31)(H,28,30). The van der Waals surface area contributed by atoms with Gasteiger partial charge in [-0.25, -0.2) is 18.4 Å². The predicted molar refractivity (Wildman–Crippen MR) is 116 cm³/mol. The molecule has 0 aliphatic heterocycles. The van der Waals surface area contributed by atoms with Crippen molar-refractivity contribution >= 4 is 34.2 Å². The molecule has 0 aliphatic carbocycles. The topological polar surface area (TPSA) is 88.9 Å². The molecule has 4 rings (SSSR count). The number of nitrogens with one attached hydrogen (secondary N) is 2. The molecule has 1 unspecified atom stereocenters. The Morgan fingerprint density at radius 3 is 2.69 bits per heavy atom. The van der Waals surface area contributed by atoms with Crippen LogP contribution in [-0.2, 0) is 11.3 Å². The van der Waals surface area contributed by atoms with E-state index in [9.17, 15) is 18.4 Å². The number of benzene rings is 1. The molecule has 3 heterocycles. The van der Waals surface area contributed by atoms with E-state index in [4.69, 9.17) is 0 Å². The molecule has 0 spiro atoms. The van der Waals surface area contributed by atoms with Crippen molar-refractivity contribution in [2.75, 3.05) is 7.05 Å². The summed E-state index contributed by atoms with van der Waals surface area (Å²) in [5.74, 6) is -3.28. The molecule has 1 atom stereocenters. The van der Waals surface area contributed by atoms with Crippen molar-refractivity contribution in [1.82, 2.24) is 25.4 Å². The van der Waals surface area contributed by atoms with Crippen LogP contribution in [0, 0.1) is 18.6 Å². The Kier molecular flexibility index (Phi) is 5.95. The third-order valence-electron chi connectivity index (χ3n) is 4.93. The van der Waals surface area contributed by atoms with Gasteiger partial charge in [0.25, 0.3) is 5.91 Å². The Labute approximate surface area is 186 Å². The molecule has 1 aromatic carbocycles. The van der Waals surface area contributed by atoms with Crippen LogP contribution in [0.3, 0.4) is 0 Å². The summed E-state index contributed by atoms with van der Waals surface area (Å²) in [7, 11) is 1.39. The summed E-state index contributed by atoms with van der Waals surface area (Å²) in [6.07, 6.45) is 1.55. The van der Waals surface area contributed by atoms with Gasteiger partial charge in [0, 0.05) is 17.6 Å². The number of pyridine rings is 1. The fourth-order valence-electron chi connectivity index (χ4n) is 3.37. The second-order valence-electron chi connectivity index (χ2n) is 7.12. The number of rotatable bonds is 6. The van der Waals surface area contributed by atoms with Gasteiger partial charge in [0.1, 0.15) is 6.04 Å². The van der Waals surface area contributed by atoms with E-state index in [1.807, 2.05) is 17.5 Å². The van der Waals surface area contributed by atoms with Gasteiger partial charge in [-0.2, -0.15) is 5.10 Å². The zero-order chi connectivity index (χ0) is 22.8. The quantitative estimate of drug-likeness (QED) is 0.467. The van der Waals surface area contributed by atoms with Crippen LogP contribution in [0.15, 0.2) is 48.0 Å². The van der Waals surface area contributed by atoms with E-state index in [-0.39, 0.29) is 11.1 Å². The number of hydrogen-bond acceptors (Lipinski definition) is 5. The first kappa shape index (κ1) is 21.6. The summed E-state index contributed by atoms with van der Waals surface area (Å²) in [6.45, 7) is 2.26. The summed E-state index contributed by atoms with van der Waals surface area (Å²) < 4.78 is 28.8. The fraction of sp³-hybridized carbons (Fsp3) is 0.182. The smallest absolute Gasteiger partial charge is 0.253 e. The molecule has 0 saturated heterocycles. The highest BCUT2D eigenvalue weighted by Crippen LogP contribution is 2.22. The maximum Gasteiger partial charge on any atom is 0.253 e. The van der Waals surface area contributed by atoms with Crippen molar-refractivity contribution in [1.29, 1.82) is 0 Å². The van der Waals surface area contributed by atoms with Crippen LogP contribution in [0.2, 0.25) is 0 Å². The second-order valence-corrected chi connectivity index (χ2v) is 8.16. The molecule has 4 aromatic rings. The van der Waals surface area contributed by atoms with Crippen molar-refractivity contribution in [3.63, 3.8) is 0 Å². The second kappa shape index (κ2) is 8.83. The number of carbonyl (C=O) groups excluding carboxylic acids is 2. The monoisotopic (exact) mass is 455 g/mol. The molecule has 0 saturated carbocycles.